The fourth-order valence-corrected chi connectivity index (χ4v) is 3.54. The molecule has 1 N–H and O–H groups in total. The first-order valence-electron chi connectivity index (χ1n) is 8.35. The van der Waals surface area contributed by atoms with Crippen molar-refractivity contribution < 1.29 is 14.7 Å². The van der Waals surface area contributed by atoms with Crippen LogP contribution in [0.2, 0.25) is 0 Å². The molecule has 21 heavy (non-hydrogen) atoms. The van der Waals surface area contributed by atoms with E-state index >= 15 is 0 Å². The van der Waals surface area contributed by atoms with Crippen molar-refractivity contribution in [1.82, 2.24) is 9.80 Å². The van der Waals surface area contributed by atoms with Gasteiger partial charge >= 0.3 is 12.0 Å². The SMILES string of the molecule is CC1CCCCCN1C(=O)N1CCCC(CCC(=O)O)C1. The zero-order valence-electron chi connectivity index (χ0n) is 13.1. The third kappa shape index (κ3) is 4.61. The minimum absolute atomic E-state index is 0.171. The number of nitrogens with zero attached hydrogens (tertiary/aromatic N) is 2. The van der Waals surface area contributed by atoms with E-state index in [1.807, 2.05) is 9.80 Å². The molecule has 2 heterocycles. The van der Waals surface area contributed by atoms with Crippen molar-refractivity contribution in [2.75, 3.05) is 19.6 Å². The molecule has 5 nitrogen and oxygen atoms in total. The van der Waals surface area contributed by atoms with E-state index in [2.05, 4.69) is 6.92 Å². The zero-order valence-corrected chi connectivity index (χ0v) is 13.1. The fourth-order valence-electron chi connectivity index (χ4n) is 3.54. The molecule has 5 heteroatoms. The first-order valence-corrected chi connectivity index (χ1v) is 8.35. The first-order chi connectivity index (χ1) is 10.1. The minimum Gasteiger partial charge on any atom is -0.481 e. The molecular formula is C16H28N2O3. The fraction of sp³-hybridized carbons (Fsp3) is 0.875. The topological polar surface area (TPSA) is 60.9 Å². The van der Waals surface area contributed by atoms with Crippen LogP contribution >= 0.6 is 0 Å². The van der Waals surface area contributed by atoms with Gasteiger partial charge in [-0.1, -0.05) is 12.8 Å². The lowest BCUT2D eigenvalue weighted by Crippen LogP contribution is -2.50. The second-order valence-electron chi connectivity index (χ2n) is 6.56. The van der Waals surface area contributed by atoms with Gasteiger partial charge in [0.25, 0.3) is 0 Å². The summed E-state index contributed by atoms with van der Waals surface area (Å²) in [6.07, 6.45) is 7.59. The lowest BCUT2D eigenvalue weighted by atomic mass is 9.93. The molecule has 2 saturated heterocycles. The van der Waals surface area contributed by atoms with Crippen molar-refractivity contribution in [2.24, 2.45) is 5.92 Å². The summed E-state index contributed by atoms with van der Waals surface area (Å²) >= 11 is 0. The monoisotopic (exact) mass is 296 g/mol. The Bertz CT molecular complexity index is 373. The van der Waals surface area contributed by atoms with Crippen LogP contribution in [0.15, 0.2) is 0 Å². The molecule has 2 aliphatic rings. The Balaban J connectivity index is 1.90. The molecule has 0 aromatic heterocycles. The number of urea groups is 1. The van der Waals surface area contributed by atoms with Crippen molar-refractivity contribution in [2.45, 2.75) is 64.3 Å². The molecule has 2 aliphatic heterocycles. The van der Waals surface area contributed by atoms with Crippen LogP contribution in [0, 0.1) is 5.92 Å². The number of hydrogen-bond donors (Lipinski definition) is 1. The van der Waals surface area contributed by atoms with Gasteiger partial charge in [0.2, 0.25) is 0 Å². The van der Waals surface area contributed by atoms with Crippen LogP contribution in [-0.2, 0) is 4.79 Å². The van der Waals surface area contributed by atoms with Gasteiger partial charge in [-0.05, 0) is 44.9 Å². The second kappa shape index (κ2) is 7.66. The number of amides is 2. The molecule has 0 bridgehead atoms. The minimum atomic E-state index is -0.736. The van der Waals surface area contributed by atoms with Gasteiger partial charge in [0.05, 0.1) is 0 Å². The molecule has 0 spiro atoms. The molecule has 0 radical (unpaired) electrons. The van der Waals surface area contributed by atoms with Crippen molar-refractivity contribution in [1.29, 1.82) is 0 Å². The highest BCUT2D eigenvalue weighted by molar-refractivity contribution is 5.75. The van der Waals surface area contributed by atoms with Crippen LogP contribution in [0.25, 0.3) is 0 Å². The summed E-state index contributed by atoms with van der Waals surface area (Å²) in [5, 5.41) is 8.80. The van der Waals surface area contributed by atoms with E-state index in [0.29, 0.717) is 18.4 Å². The summed E-state index contributed by atoms with van der Waals surface area (Å²) < 4.78 is 0. The van der Waals surface area contributed by atoms with Gasteiger partial charge < -0.3 is 14.9 Å². The third-order valence-corrected chi connectivity index (χ3v) is 4.85. The van der Waals surface area contributed by atoms with Crippen LogP contribution in [0.4, 0.5) is 4.79 Å². The van der Waals surface area contributed by atoms with E-state index < -0.39 is 5.97 Å². The molecular weight excluding hydrogens is 268 g/mol. The number of piperidine rings is 1. The average molecular weight is 296 g/mol. The molecule has 0 aromatic carbocycles. The number of rotatable bonds is 3. The van der Waals surface area contributed by atoms with Crippen molar-refractivity contribution in [3.63, 3.8) is 0 Å². The summed E-state index contributed by atoms with van der Waals surface area (Å²) in [6.45, 7) is 4.58. The molecule has 120 valence electrons. The van der Waals surface area contributed by atoms with Crippen molar-refractivity contribution in [3.05, 3.63) is 0 Å². The molecule has 0 aromatic rings. The second-order valence-corrected chi connectivity index (χ2v) is 6.56. The van der Waals surface area contributed by atoms with E-state index in [0.717, 1.165) is 45.3 Å². The quantitative estimate of drug-likeness (QED) is 0.871. The van der Waals surface area contributed by atoms with E-state index in [1.165, 1.54) is 12.8 Å². The number of carbonyl (C=O) groups is 2. The summed E-state index contributed by atoms with van der Waals surface area (Å²) in [5.41, 5.74) is 0. The summed E-state index contributed by atoms with van der Waals surface area (Å²) in [6, 6.07) is 0.504. The Kier molecular flexibility index (Phi) is 5.88. The summed E-state index contributed by atoms with van der Waals surface area (Å²) in [7, 11) is 0. The van der Waals surface area contributed by atoms with Gasteiger partial charge in [0, 0.05) is 32.1 Å². The number of carboxylic acids is 1. The highest BCUT2D eigenvalue weighted by Gasteiger charge is 2.30. The molecule has 2 amide bonds. The summed E-state index contributed by atoms with van der Waals surface area (Å²) in [4.78, 5) is 27.4. The average Bonchev–Trinajstić information content (AvgIpc) is 2.69. The van der Waals surface area contributed by atoms with E-state index in [-0.39, 0.29) is 12.5 Å². The van der Waals surface area contributed by atoms with Crippen LogP contribution in [0.1, 0.15) is 58.3 Å². The van der Waals surface area contributed by atoms with Crippen LogP contribution in [0.5, 0.6) is 0 Å². The first kappa shape index (κ1) is 16.1. The van der Waals surface area contributed by atoms with Gasteiger partial charge in [-0.2, -0.15) is 0 Å². The molecule has 2 fully saturated rings. The van der Waals surface area contributed by atoms with E-state index in [9.17, 15) is 9.59 Å². The van der Waals surface area contributed by atoms with Crippen molar-refractivity contribution in [3.8, 4) is 0 Å². The summed E-state index contributed by atoms with van der Waals surface area (Å²) in [5.74, 6) is -0.388. The van der Waals surface area contributed by atoms with Crippen LogP contribution < -0.4 is 0 Å². The lowest BCUT2D eigenvalue weighted by Gasteiger charge is -2.38. The molecule has 0 aliphatic carbocycles. The Morgan fingerprint density at radius 3 is 2.67 bits per heavy atom. The Labute approximate surface area is 127 Å². The maximum atomic E-state index is 12.7. The molecule has 2 rings (SSSR count). The van der Waals surface area contributed by atoms with Crippen LogP contribution in [-0.4, -0.2) is 52.6 Å². The van der Waals surface area contributed by atoms with E-state index in [4.69, 9.17) is 5.11 Å². The number of carbonyl (C=O) groups excluding carboxylic acids is 1. The maximum Gasteiger partial charge on any atom is 0.320 e. The maximum absolute atomic E-state index is 12.7. The normalized spacial score (nSPS) is 27.3. The van der Waals surface area contributed by atoms with Gasteiger partial charge in [0.1, 0.15) is 0 Å². The number of aliphatic carboxylic acids is 1. The Hall–Kier alpha value is -1.26. The lowest BCUT2D eigenvalue weighted by molar-refractivity contribution is -0.137. The van der Waals surface area contributed by atoms with Gasteiger partial charge in [-0.25, -0.2) is 4.79 Å². The number of carboxylic acid groups (broad SMARTS) is 1. The van der Waals surface area contributed by atoms with Gasteiger partial charge in [0.15, 0.2) is 0 Å². The van der Waals surface area contributed by atoms with E-state index in [1.54, 1.807) is 0 Å². The van der Waals surface area contributed by atoms with Crippen molar-refractivity contribution >= 4 is 12.0 Å². The smallest absolute Gasteiger partial charge is 0.320 e. The molecule has 2 atom stereocenters. The predicted molar refractivity (Wildman–Crippen MR) is 81.2 cm³/mol. The predicted octanol–water partition coefficient (Wildman–Crippen LogP) is 2.95. The Morgan fingerprint density at radius 1 is 1.10 bits per heavy atom. The molecule has 2 unspecified atom stereocenters. The highest BCUT2D eigenvalue weighted by atomic mass is 16.4. The standard InChI is InChI=1S/C16H28N2O3/c1-13-6-3-2-4-11-18(13)16(21)17-10-5-7-14(12-17)8-9-15(19)20/h13-14H,2-12H2,1H3,(H,19,20). The molecule has 0 saturated carbocycles. The zero-order chi connectivity index (χ0) is 15.2. The third-order valence-electron chi connectivity index (χ3n) is 4.85. The largest absolute Gasteiger partial charge is 0.481 e. The highest BCUT2D eigenvalue weighted by Crippen LogP contribution is 2.24. The Morgan fingerprint density at radius 2 is 1.90 bits per heavy atom. The number of likely N-dealkylation sites (tertiary alicyclic amines) is 2. The van der Waals surface area contributed by atoms with Gasteiger partial charge in [-0.3, -0.25) is 4.79 Å². The van der Waals surface area contributed by atoms with Crippen LogP contribution in [0.3, 0.4) is 0 Å². The number of hydrogen-bond acceptors (Lipinski definition) is 2. The van der Waals surface area contributed by atoms with Gasteiger partial charge in [-0.15, -0.1) is 0 Å².